The van der Waals surface area contributed by atoms with Crippen LogP contribution in [0.5, 0.6) is 0 Å². The molecule has 0 amide bonds. The summed E-state index contributed by atoms with van der Waals surface area (Å²) in [4.78, 5) is 4.16. The SMILES string of the molecule is c1ccc2c(c1)CNCC2CNCc1ccc2cnccc2c1. The molecule has 0 fully saturated rings. The van der Waals surface area contributed by atoms with Crippen molar-refractivity contribution in [3.63, 3.8) is 0 Å². The number of hydrogen-bond acceptors (Lipinski definition) is 3. The molecule has 1 aliphatic heterocycles. The van der Waals surface area contributed by atoms with Gasteiger partial charge >= 0.3 is 0 Å². The second kappa shape index (κ2) is 6.49. The van der Waals surface area contributed by atoms with Crippen molar-refractivity contribution < 1.29 is 0 Å². The molecule has 0 bridgehead atoms. The molecule has 0 saturated carbocycles. The van der Waals surface area contributed by atoms with E-state index >= 15 is 0 Å². The van der Waals surface area contributed by atoms with E-state index in [2.05, 4.69) is 64.1 Å². The number of pyridine rings is 1. The predicted molar refractivity (Wildman–Crippen MR) is 94.3 cm³/mol. The maximum Gasteiger partial charge on any atom is 0.0346 e. The third kappa shape index (κ3) is 3.11. The number of benzene rings is 2. The van der Waals surface area contributed by atoms with Crippen LogP contribution in [0.25, 0.3) is 10.8 Å². The smallest absolute Gasteiger partial charge is 0.0346 e. The van der Waals surface area contributed by atoms with Crippen LogP contribution in [0.2, 0.25) is 0 Å². The molecule has 4 rings (SSSR count). The molecule has 0 spiro atoms. The van der Waals surface area contributed by atoms with Crippen molar-refractivity contribution in [3.05, 3.63) is 77.6 Å². The largest absolute Gasteiger partial charge is 0.312 e. The van der Waals surface area contributed by atoms with Gasteiger partial charge in [-0.1, -0.05) is 36.4 Å². The Bertz CT molecular complexity index is 813. The molecule has 116 valence electrons. The molecule has 2 aromatic carbocycles. The molecule has 23 heavy (non-hydrogen) atoms. The first-order valence-electron chi connectivity index (χ1n) is 8.22. The highest BCUT2D eigenvalue weighted by atomic mass is 14.9. The summed E-state index contributed by atoms with van der Waals surface area (Å²) < 4.78 is 0. The summed E-state index contributed by atoms with van der Waals surface area (Å²) in [6.45, 7) is 3.94. The monoisotopic (exact) mass is 303 g/mol. The molecule has 3 heteroatoms. The van der Waals surface area contributed by atoms with Crippen LogP contribution < -0.4 is 10.6 Å². The van der Waals surface area contributed by atoms with Gasteiger partial charge in [0.15, 0.2) is 0 Å². The van der Waals surface area contributed by atoms with E-state index in [1.54, 1.807) is 0 Å². The highest BCUT2D eigenvalue weighted by molar-refractivity contribution is 5.81. The Kier molecular flexibility index (Phi) is 4.05. The second-order valence-corrected chi connectivity index (χ2v) is 6.21. The van der Waals surface area contributed by atoms with Gasteiger partial charge in [0.25, 0.3) is 0 Å². The fourth-order valence-corrected chi connectivity index (χ4v) is 3.40. The Balaban J connectivity index is 1.42. The van der Waals surface area contributed by atoms with Crippen LogP contribution in [0, 0.1) is 0 Å². The molecule has 1 aliphatic rings. The van der Waals surface area contributed by atoms with Crippen molar-refractivity contribution in [3.8, 4) is 0 Å². The topological polar surface area (TPSA) is 37.0 Å². The van der Waals surface area contributed by atoms with Gasteiger partial charge in [-0.05, 0) is 34.2 Å². The lowest BCUT2D eigenvalue weighted by molar-refractivity contribution is 0.503. The molecule has 2 N–H and O–H groups in total. The molecular weight excluding hydrogens is 282 g/mol. The molecule has 1 aromatic heterocycles. The van der Waals surface area contributed by atoms with E-state index in [-0.39, 0.29) is 0 Å². The summed E-state index contributed by atoms with van der Waals surface area (Å²) in [6.07, 6.45) is 3.77. The first-order chi connectivity index (χ1) is 11.4. The zero-order valence-corrected chi connectivity index (χ0v) is 13.1. The number of aromatic nitrogens is 1. The van der Waals surface area contributed by atoms with Gasteiger partial charge in [-0.25, -0.2) is 0 Å². The molecule has 0 saturated heterocycles. The fourth-order valence-electron chi connectivity index (χ4n) is 3.40. The molecule has 0 aliphatic carbocycles. The van der Waals surface area contributed by atoms with Crippen molar-refractivity contribution in [2.24, 2.45) is 0 Å². The van der Waals surface area contributed by atoms with Gasteiger partial charge < -0.3 is 10.6 Å². The lowest BCUT2D eigenvalue weighted by atomic mass is 9.91. The average Bonchev–Trinajstić information content (AvgIpc) is 2.62. The summed E-state index contributed by atoms with van der Waals surface area (Å²) in [5.74, 6) is 0.546. The van der Waals surface area contributed by atoms with E-state index in [1.807, 2.05) is 12.4 Å². The Morgan fingerprint density at radius 1 is 1.09 bits per heavy atom. The van der Waals surface area contributed by atoms with Gasteiger partial charge in [0.1, 0.15) is 0 Å². The van der Waals surface area contributed by atoms with E-state index in [4.69, 9.17) is 0 Å². The van der Waals surface area contributed by atoms with Gasteiger partial charge in [0, 0.05) is 49.9 Å². The van der Waals surface area contributed by atoms with Crippen LogP contribution in [-0.2, 0) is 13.1 Å². The minimum Gasteiger partial charge on any atom is -0.312 e. The Morgan fingerprint density at radius 2 is 2.04 bits per heavy atom. The van der Waals surface area contributed by atoms with Gasteiger partial charge in [-0.2, -0.15) is 0 Å². The highest BCUT2D eigenvalue weighted by Crippen LogP contribution is 2.23. The van der Waals surface area contributed by atoms with E-state index < -0.39 is 0 Å². The number of nitrogens with zero attached hydrogens (tertiary/aromatic N) is 1. The van der Waals surface area contributed by atoms with E-state index in [0.29, 0.717) is 5.92 Å². The molecular formula is C20H21N3. The molecule has 2 heterocycles. The van der Waals surface area contributed by atoms with E-state index in [0.717, 1.165) is 26.2 Å². The van der Waals surface area contributed by atoms with Crippen LogP contribution in [0.3, 0.4) is 0 Å². The maximum absolute atomic E-state index is 4.16. The van der Waals surface area contributed by atoms with E-state index in [1.165, 1.54) is 27.5 Å². The van der Waals surface area contributed by atoms with E-state index in [9.17, 15) is 0 Å². The van der Waals surface area contributed by atoms with Gasteiger partial charge in [0.05, 0.1) is 0 Å². The van der Waals surface area contributed by atoms with Crippen molar-refractivity contribution >= 4 is 10.8 Å². The molecule has 1 atom stereocenters. The first-order valence-corrected chi connectivity index (χ1v) is 8.22. The lowest BCUT2D eigenvalue weighted by Crippen LogP contribution is -2.34. The summed E-state index contributed by atoms with van der Waals surface area (Å²) in [5.41, 5.74) is 4.24. The first kappa shape index (κ1) is 14.4. The zero-order chi connectivity index (χ0) is 15.5. The summed E-state index contributed by atoms with van der Waals surface area (Å²) in [7, 11) is 0. The number of rotatable bonds is 4. The van der Waals surface area contributed by atoms with Crippen molar-refractivity contribution in [1.29, 1.82) is 0 Å². The van der Waals surface area contributed by atoms with Crippen LogP contribution in [0.15, 0.2) is 60.9 Å². The minimum atomic E-state index is 0.546. The molecule has 0 radical (unpaired) electrons. The summed E-state index contributed by atoms with van der Waals surface area (Å²) in [5, 5.41) is 9.59. The third-order valence-corrected chi connectivity index (χ3v) is 4.63. The summed E-state index contributed by atoms with van der Waals surface area (Å²) >= 11 is 0. The average molecular weight is 303 g/mol. The van der Waals surface area contributed by atoms with Gasteiger partial charge in [0.2, 0.25) is 0 Å². The maximum atomic E-state index is 4.16. The standard InChI is InChI=1S/C20H21N3/c1-2-4-20-18(3-1)12-23-14-19(20)13-22-10-15-5-6-17-11-21-8-7-16(17)9-15/h1-9,11,19,22-23H,10,12-14H2. The second-order valence-electron chi connectivity index (χ2n) is 6.21. The van der Waals surface area contributed by atoms with Crippen LogP contribution in [0.1, 0.15) is 22.6 Å². The molecule has 1 unspecified atom stereocenters. The number of fused-ring (bicyclic) bond motifs is 2. The van der Waals surface area contributed by atoms with Crippen molar-refractivity contribution in [1.82, 2.24) is 15.6 Å². The number of hydrogen-bond donors (Lipinski definition) is 2. The fraction of sp³-hybridized carbons (Fsp3) is 0.250. The van der Waals surface area contributed by atoms with Crippen LogP contribution >= 0.6 is 0 Å². The zero-order valence-electron chi connectivity index (χ0n) is 13.1. The van der Waals surface area contributed by atoms with Crippen molar-refractivity contribution in [2.75, 3.05) is 13.1 Å². The highest BCUT2D eigenvalue weighted by Gasteiger charge is 2.18. The van der Waals surface area contributed by atoms with Crippen LogP contribution in [-0.4, -0.2) is 18.1 Å². The van der Waals surface area contributed by atoms with Gasteiger partial charge in [-0.3, -0.25) is 4.98 Å². The minimum absolute atomic E-state index is 0.546. The van der Waals surface area contributed by atoms with Crippen LogP contribution in [0.4, 0.5) is 0 Å². The Labute approximate surface area is 136 Å². The molecule has 3 aromatic rings. The van der Waals surface area contributed by atoms with Crippen molar-refractivity contribution in [2.45, 2.75) is 19.0 Å². The predicted octanol–water partition coefficient (Wildman–Crippen LogP) is 3.21. The van der Waals surface area contributed by atoms with Gasteiger partial charge in [-0.15, -0.1) is 0 Å². The normalized spacial score (nSPS) is 17.1. The Hall–Kier alpha value is -2.23. The molecule has 3 nitrogen and oxygen atoms in total. The third-order valence-electron chi connectivity index (χ3n) is 4.63. The number of nitrogens with one attached hydrogen (secondary N) is 2. The quantitative estimate of drug-likeness (QED) is 0.777. The summed E-state index contributed by atoms with van der Waals surface area (Å²) in [6, 6.07) is 17.4. The lowest BCUT2D eigenvalue weighted by Gasteiger charge is -2.26. The Morgan fingerprint density at radius 3 is 3.04 bits per heavy atom.